The van der Waals surface area contributed by atoms with E-state index in [-0.39, 0.29) is 10.6 Å². The predicted octanol–water partition coefficient (Wildman–Crippen LogP) is 4.18. The van der Waals surface area contributed by atoms with Gasteiger partial charge in [-0.15, -0.1) is 11.3 Å². The summed E-state index contributed by atoms with van der Waals surface area (Å²) in [4.78, 5) is 10.3. The summed E-state index contributed by atoms with van der Waals surface area (Å²) in [6.45, 7) is 0. The van der Waals surface area contributed by atoms with Crippen LogP contribution in [0.2, 0.25) is 0 Å². The molecule has 0 aliphatic heterocycles. The first-order valence-electron chi connectivity index (χ1n) is 3.61. The van der Waals surface area contributed by atoms with E-state index >= 15 is 0 Å². The largest absolute Gasteiger partial charge is 0.286 e. The van der Waals surface area contributed by atoms with Gasteiger partial charge in [-0.2, -0.15) is 0 Å². The highest BCUT2D eigenvalue weighted by atomic mass is 127. The molecule has 1 aromatic carbocycles. The van der Waals surface area contributed by atoms with Crippen LogP contribution >= 0.6 is 49.9 Å². The van der Waals surface area contributed by atoms with Crippen LogP contribution < -0.4 is 0 Å². The van der Waals surface area contributed by atoms with Crippen LogP contribution in [0.4, 0.5) is 5.69 Å². The van der Waals surface area contributed by atoms with Crippen LogP contribution in [0, 0.1) is 13.7 Å². The van der Waals surface area contributed by atoms with E-state index in [1.54, 1.807) is 6.07 Å². The number of halogens is 2. The minimum Gasteiger partial charge on any atom is -0.258 e. The Morgan fingerprint density at radius 3 is 2.93 bits per heavy atom. The molecular formula is C8H3BrINO2S. The quantitative estimate of drug-likeness (QED) is 0.421. The molecule has 2 aromatic rings. The Morgan fingerprint density at radius 2 is 2.29 bits per heavy atom. The first-order valence-corrected chi connectivity index (χ1v) is 6.36. The summed E-state index contributed by atoms with van der Waals surface area (Å²) in [6, 6.07) is 3.55. The second-order valence-electron chi connectivity index (χ2n) is 2.61. The first-order chi connectivity index (χ1) is 6.61. The summed E-state index contributed by atoms with van der Waals surface area (Å²) in [7, 11) is 0. The molecule has 1 heterocycles. The summed E-state index contributed by atoms with van der Waals surface area (Å²) < 4.78 is 2.42. The van der Waals surface area contributed by atoms with Gasteiger partial charge in [0.05, 0.1) is 9.62 Å². The maximum absolute atomic E-state index is 10.7. The standard InChI is InChI=1S/C8H3BrINO2S/c9-7-6(11(12)13)3-5(10)4-1-2-14-8(4)7/h1-3H. The zero-order chi connectivity index (χ0) is 10.3. The Bertz CT molecular complexity index is 525. The van der Waals surface area contributed by atoms with E-state index in [1.165, 1.54) is 11.3 Å². The van der Waals surface area contributed by atoms with Crippen molar-refractivity contribution >= 4 is 65.6 Å². The fourth-order valence-electron chi connectivity index (χ4n) is 1.18. The Kier molecular flexibility index (Phi) is 2.76. The molecule has 3 nitrogen and oxygen atoms in total. The van der Waals surface area contributed by atoms with Crippen LogP contribution in [0.3, 0.4) is 0 Å². The van der Waals surface area contributed by atoms with Gasteiger partial charge < -0.3 is 0 Å². The highest BCUT2D eigenvalue weighted by Gasteiger charge is 2.17. The number of nitrogens with zero attached hydrogens (tertiary/aromatic N) is 1. The molecule has 6 heteroatoms. The van der Waals surface area contributed by atoms with Gasteiger partial charge in [0, 0.05) is 15.0 Å². The Labute approximate surface area is 106 Å². The summed E-state index contributed by atoms with van der Waals surface area (Å²) in [6.07, 6.45) is 0. The molecule has 2 rings (SSSR count). The van der Waals surface area contributed by atoms with Crippen molar-refractivity contribution in [1.29, 1.82) is 0 Å². The second-order valence-corrected chi connectivity index (χ2v) is 5.48. The van der Waals surface area contributed by atoms with E-state index in [2.05, 4.69) is 38.5 Å². The van der Waals surface area contributed by atoms with Crippen molar-refractivity contribution in [3.05, 3.63) is 35.7 Å². The fraction of sp³-hybridized carbons (Fsp3) is 0. The van der Waals surface area contributed by atoms with Gasteiger partial charge in [-0.1, -0.05) is 0 Å². The van der Waals surface area contributed by atoms with Gasteiger partial charge >= 0.3 is 0 Å². The number of rotatable bonds is 1. The predicted molar refractivity (Wildman–Crippen MR) is 68.9 cm³/mol. The zero-order valence-electron chi connectivity index (χ0n) is 6.66. The minimum absolute atomic E-state index is 0.129. The average Bonchev–Trinajstić information content (AvgIpc) is 2.59. The van der Waals surface area contributed by atoms with Crippen molar-refractivity contribution in [3.8, 4) is 0 Å². The molecule has 0 fully saturated rings. The van der Waals surface area contributed by atoms with E-state index in [4.69, 9.17) is 0 Å². The van der Waals surface area contributed by atoms with Crippen molar-refractivity contribution in [2.24, 2.45) is 0 Å². The number of hydrogen-bond acceptors (Lipinski definition) is 3. The number of thiophene rings is 1. The number of fused-ring (bicyclic) bond motifs is 1. The molecule has 0 aliphatic carbocycles. The van der Waals surface area contributed by atoms with Crippen molar-refractivity contribution in [2.45, 2.75) is 0 Å². The SMILES string of the molecule is O=[N+]([O-])c1cc(I)c2ccsc2c1Br. The topological polar surface area (TPSA) is 43.1 Å². The molecule has 0 amide bonds. The Morgan fingerprint density at radius 1 is 1.57 bits per heavy atom. The number of benzene rings is 1. The molecule has 0 aliphatic rings. The third-order valence-electron chi connectivity index (χ3n) is 1.81. The molecule has 0 radical (unpaired) electrons. The van der Waals surface area contributed by atoms with E-state index in [1.807, 2.05) is 11.4 Å². The third-order valence-corrected chi connectivity index (χ3v) is 4.70. The lowest BCUT2D eigenvalue weighted by molar-refractivity contribution is -0.385. The maximum Gasteiger partial charge on any atom is 0.286 e. The first kappa shape index (κ1) is 10.3. The fourth-order valence-corrected chi connectivity index (χ4v) is 3.71. The summed E-state index contributed by atoms with van der Waals surface area (Å²) in [5.74, 6) is 0. The van der Waals surface area contributed by atoms with Crippen LogP contribution in [0.25, 0.3) is 10.1 Å². The highest BCUT2D eigenvalue weighted by Crippen LogP contribution is 2.38. The Hall–Kier alpha value is -0.210. The van der Waals surface area contributed by atoms with Crippen molar-refractivity contribution < 1.29 is 4.92 Å². The lowest BCUT2D eigenvalue weighted by atomic mass is 10.2. The monoisotopic (exact) mass is 383 g/mol. The smallest absolute Gasteiger partial charge is 0.258 e. The van der Waals surface area contributed by atoms with Crippen molar-refractivity contribution in [3.63, 3.8) is 0 Å². The van der Waals surface area contributed by atoms with Gasteiger partial charge in [-0.25, -0.2) is 0 Å². The molecule has 1 aromatic heterocycles. The average molecular weight is 384 g/mol. The van der Waals surface area contributed by atoms with Crippen LogP contribution in [-0.4, -0.2) is 4.92 Å². The lowest BCUT2D eigenvalue weighted by Crippen LogP contribution is -1.90. The highest BCUT2D eigenvalue weighted by molar-refractivity contribution is 14.1. The maximum atomic E-state index is 10.7. The minimum atomic E-state index is -0.370. The molecule has 0 bridgehead atoms. The van der Waals surface area contributed by atoms with Crippen LogP contribution in [0.1, 0.15) is 0 Å². The summed E-state index contributed by atoms with van der Waals surface area (Å²) in [5.41, 5.74) is 0.129. The molecule has 0 atom stereocenters. The van der Waals surface area contributed by atoms with Gasteiger partial charge in [0.25, 0.3) is 5.69 Å². The molecule has 0 spiro atoms. The molecule has 0 unspecified atom stereocenters. The molecule has 14 heavy (non-hydrogen) atoms. The molecular weight excluding hydrogens is 381 g/mol. The molecule has 0 saturated heterocycles. The van der Waals surface area contributed by atoms with E-state index in [0.717, 1.165) is 13.7 Å². The number of nitro benzene ring substituents is 1. The normalized spacial score (nSPS) is 10.7. The van der Waals surface area contributed by atoms with Crippen molar-refractivity contribution in [2.75, 3.05) is 0 Å². The lowest BCUT2D eigenvalue weighted by Gasteiger charge is -1.99. The van der Waals surface area contributed by atoms with Crippen LogP contribution in [-0.2, 0) is 0 Å². The van der Waals surface area contributed by atoms with Gasteiger partial charge in [0.1, 0.15) is 4.47 Å². The zero-order valence-corrected chi connectivity index (χ0v) is 11.2. The second kappa shape index (κ2) is 3.74. The molecule has 0 N–H and O–H groups in total. The number of hydrogen-bond donors (Lipinski definition) is 0. The number of nitro groups is 1. The molecule has 72 valence electrons. The van der Waals surface area contributed by atoms with Crippen LogP contribution in [0.5, 0.6) is 0 Å². The third kappa shape index (κ3) is 1.55. The van der Waals surface area contributed by atoms with Gasteiger partial charge in [-0.3, -0.25) is 10.1 Å². The van der Waals surface area contributed by atoms with Gasteiger partial charge in [0.2, 0.25) is 0 Å². The van der Waals surface area contributed by atoms with Crippen molar-refractivity contribution in [1.82, 2.24) is 0 Å². The summed E-state index contributed by atoms with van der Waals surface area (Å²) >= 11 is 6.88. The van der Waals surface area contributed by atoms with E-state index in [0.29, 0.717) is 4.47 Å². The van der Waals surface area contributed by atoms with E-state index in [9.17, 15) is 10.1 Å². The summed E-state index contributed by atoms with van der Waals surface area (Å²) in [5, 5.41) is 13.7. The molecule has 0 saturated carbocycles. The van der Waals surface area contributed by atoms with Gasteiger partial charge in [-0.05, 0) is 50.0 Å². The van der Waals surface area contributed by atoms with E-state index < -0.39 is 0 Å². The van der Waals surface area contributed by atoms with Gasteiger partial charge in [0.15, 0.2) is 0 Å². The Balaban J connectivity index is 2.88. The van der Waals surface area contributed by atoms with Crippen LogP contribution in [0.15, 0.2) is 22.0 Å².